The summed E-state index contributed by atoms with van der Waals surface area (Å²) in [5, 5.41) is 0.0311. The molecule has 1 aromatic rings. The highest BCUT2D eigenvalue weighted by atomic mass is 35.5. The summed E-state index contributed by atoms with van der Waals surface area (Å²) in [5.41, 5.74) is -0.197. The SMILES string of the molecule is COc1nc(Cl)nc(OCCOC(C)(C)C)n1. The molecule has 0 aliphatic carbocycles. The normalized spacial score (nSPS) is 11.4. The molecule has 1 rings (SSSR count). The third kappa shape index (κ3) is 5.65. The molecule has 0 saturated heterocycles. The van der Waals surface area contributed by atoms with Crippen LogP contribution in [0.4, 0.5) is 0 Å². The van der Waals surface area contributed by atoms with E-state index in [0.29, 0.717) is 13.2 Å². The fourth-order valence-corrected chi connectivity index (χ4v) is 1.10. The highest BCUT2D eigenvalue weighted by Gasteiger charge is 2.10. The van der Waals surface area contributed by atoms with Crippen LogP contribution in [0.1, 0.15) is 20.8 Å². The first-order valence-electron chi connectivity index (χ1n) is 5.13. The Labute approximate surface area is 105 Å². The van der Waals surface area contributed by atoms with Gasteiger partial charge in [-0.2, -0.15) is 9.97 Å². The lowest BCUT2D eigenvalue weighted by Gasteiger charge is -2.19. The van der Waals surface area contributed by atoms with Gasteiger partial charge in [-0.25, -0.2) is 0 Å². The molecule has 0 radical (unpaired) electrons. The number of rotatable bonds is 5. The maximum absolute atomic E-state index is 5.66. The minimum atomic E-state index is -0.197. The van der Waals surface area contributed by atoms with Crippen molar-refractivity contribution < 1.29 is 14.2 Å². The van der Waals surface area contributed by atoms with E-state index in [1.54, 1.807) is 0 Å². The molecule has 1 heterocycles. The van der Waals surface area contributed by atoms with Gasteiger partial charge in [0.2, 0.25) is 5.28 Å². The fourth-order valence-electron chi connectivity index (χ4n) is 0.951. The average molecular weight is 262 g/mol. The van der Waals surface area contributed by atoms with E-state index in [0.717, 1.165) is 0 Å². The number of aromatic nitrogens is 3. The minimum absolute atomic E-state index is 0.0311. The van der Waals surface area contributed by atoms with Gasteiger partial charge in [0, 0.05) is 0 Å². The van der Waals surface area contributed by atoms with E-state index in [1.165, 1.54) is 7.11 Å². The number of hydrogen-bond donors (Lipinski definition) is 0. The van der Waals surface area contributed by atoms with Gasteiger partial charge < -0.3 is 14.2 Å². The molecule has 0 aromatic carbocycles. The second-order valence-corrected chi connectivity index (χ2v) is 4.52. The molecule has 7 heteroatoms. The first-order valence-corrected chi connectivity index (χ1v) is 5.51. The summed E-state index contributed by atoms with van der Waals surface area (Å²) in [6.45, 7) is 6.68. The lowest BCUT2D eigenvalue weighted by atomic mass is 10.2. The first-order chi connectivity index (χ1) is 7.90. The van der Waals surface area contributed by atoms with Crippen molar-refractivity contribution in [3.8, 4) is 12.0 Å². The predicted octanol–water partition coefficient (Wildman–Crippen LogP) is 1.73. The summed E-state index contributed by atoms with van der Waals surface area (Å²) >= 11 is 5.66. The Balaban J connectivity index is 2.44. The van der Waals surface area contributed by atoms with Crippen LogP contribution in [-0.2, 0) is 4.74 Å². The monoisotopic (exact) mass is 261 g/mol. The third-order valence-electron chi connectivity index (χ3n) is 1.60. The van der Waals surface area contributed by atoms with Gasteiger partial charge in [0.15, 0.2) is 0 Å². The van der Waals surface area contributed by atoms with Gasteiger partial charge in [-0.1, -0.05) is 0 Å². The summed E-state index contributed by atoms with van der Waals surface area (Å²) in [6, 6.07) is 0.246. The van der Waals surface area contributed by atoms with Crippen molar-refractivity contribution in [2.45, 2.75) is 26.4 Å². The summed E-state index contributed by atoms with van der Waals surface area (Å²) in [5.74, 6) is 0. The molecule has 0 bridgehead atoms. The molecule has 0 atom stereocenters. The van der Waals surface area contributed by atoms with E-state index in [4.69, 9.17) is 25.8 Å². The van der Waals surface area contributed by atoms with Crippen molar-refractivity contribution in [2.24, 2.45) is 0 Å². The van der Waals surface area contributed by atoms with Crippen LogP contribution in [0.15, 0.2) is 0 Å². The molecule has 0 amide bonds. The van der Waals surface area contributed by atoms with E-state index in [9.17, 15) is 0 Å². The van der Waals surface area contributed by atoms with Crippen molar-refractivity contribution >= 4 is 11.6 Å². The Hall–Kier alpha value is -1.14. The van der Waals surface area contributed by atoms with Crippen LogP contribution < -0.4 is 9.47 Å². The molecule has 96 valence electrons. The Morgan fingerprint density at radius 3 is 2.29 bits per heavy atom. The van der Waals surface area contributed by atoms with Crippen LogP contribution in [0.3, 0.4) is 0 Å². The zero-order chi connectivity index (χ0) is 12.9. The van der Waals surface area contributed by atoms with Crippen molar-refractivity contribution in [3.63, 3.8) is 0 Å². The molecular weight excluding hydrogens is 246 g/mol. The average Bonchev–Trinajstić information content (AvgIpc) is 2.22. The molecule has 17 heavy (non-hydrogen) atoms. The van der Waals surface area contributed by atoms with E-state index in [2.05, 4.69) is 15.0 Å². The van der Waals surface area contributed by atoms with Crippen molar-refractivity contribution in [1.29, 1.82) is 0 Å². The van der Waals surface area contributed by atoms with Gasteiger partial charge in [0.1, 0.15) is 6.61 Å². The molecule has 1 aromatic heterocycles. The highest BCUT2D eigenvalue weighted by Crippen LogP contribution is 2.12. The Bertz CT molecular complexity index is 368. The number of methoxy groups -OCH3 is 1. The Morgan fingerprint density at radius 2 is 1.71 bits per heavy atom. The Kier molecular flexibility index (Phi) is 4.89. The van der Waals surface area contributed by atoms with Crippen LogP contribution in [0.25, 0.3) is 0 Å². The van der Waals surface area contributed by atoms with Crippen molar-refractivity contribution in [2.75, 3.05) is 20.3 Å². The molecule has 0 N–H and O–H groups in total. The zero-order valence-electron chi connectivity index (χ0n) is 10.4. The molecule has 0 aliphatic heterocycles. The first kappa shape index (κ1) is 13.9. The smallest absolute Gasteiger partial charge is 0.324 e. The van der Waals surface area contributed by atoms with E-state index in [-0.39, 0.29) is 22.9 Å². The maximum atomic E-state index is 5.66. The molecular formula is C10H16ClN3O3. The van der Waals surface area contributed by atoms with Gasteiger partial charge in [0.05, 0.1) is 19.3 Å². The molecule has 0 fully saturated rings. The van der Waals surface area contributed by atoms with Gasteiger partial charge in [0.25, 0.3) is 0 Å². The minimum Gasteiger partial charge on any atom is -0.467 e. The quantitative estimate of drug-likeness (QED) is 0.752. The molecule has 6 nitrogen and oxygen atoms in total. The van der Waals surface area contributed by atoms with E-state index < -0.39 is 0 Å². The maximum Gasteiger partial charge on any atom is 0.324 e. The Morgan fingerprint density at radius 1 is 1.06 bits per heavy atom. The molecule has 0 unspecified atom stereocenters. The van der Waals surface area contributed by atoms with Gasteiger partial charge in [-0.3, -0.25) is 0 Å². The van der Waals surface area contributed by atoms with Crippen molar-refractivity contribution in [1.82, 2.24) is 15.0 Å². The lowest BCUT2D eigenvalue weighted by molar-refractivity contribution is -0.0174. The summed E-state index contributed by atoms with van der Waals surface area (Å²) < 4.78 is 15.6. The zero-order valence-corrected chi connectivity index (χ0v) is 11.1. The summed E-state index contributed by atoms with van der Waals surface area (Å²) in [4.78, 5) is 11.4. The van der Waals surface area contributed by atoms with Gasteiger partial charge >= 0.3 is 12.0 Å². The number of nitrogens with zero attached hydrogens (tertiary/aromatic N) is 3. The standard InChI is InChI=1S/C10H16ClN3O3/c1-10(2,3)17-6-5-16-9-13-7(11)12-8(14-9)15-4/h5-6H2,1-4H3. The topological polar surface area (TPSA) is 66.4 Å². The number of ether oxygens (including phenoxy) is 3. The number of halogens is 1. The third-order valence-corrected chi connectivity index (χ3v) is 1.77. The van der Waals surface area contributed by atoms with Crippen LogP contribution in [0.5, 0.6) is 12.0 Å². The molecule has 0 saturated carbocycles. The van der Waals surface area contributed by atoms with E-state index in [1.807, 2.05) is 20.8 Å². The number of hydrogen-bond acceptors (Lipinski definition) is 6. The summed E-state index contributed by atoms with van der Waals surface area (Å²) in [7, 11) is 1.44. The van der Waals surface area contributed by atoms with Crippen LogP contribution >= 0.6 is 11.6 Å². The van der Waals surface area contributed by atoms with E-state index >= 15 is 0 Å². The lowest BCUT2D eigenvalue weighted by Crippen LogP contribution is -2.22. The second-order valence-electron chi connectivity index (χ2n) is 4.18. The van der Waals surface area contributed by atoms with Crippen molar-refractivity contribution in [3.05, 3.63) is 5.28 Å². The van der Waals surface area contributed by atoms with Gasteiger partial charge in [-0.15, -0.1) is 4.98 Å². The van der Waals surface area contributed by atoms with Crippen LogP contribution in [0.2, 0.25) is 5.28 Å². The highest BCUT2D eigenvalue weighted by molar-refractivity contribution is 6.28. The van der Waals surface area contributed by atoms with Crippen LogP contribution in [-0.4, -0.2) is 40.9 Å². The largest absolute Gasteiger partial charge is 0.467 e. The predicted molar refractivity (Wildman–Crippen MR) is 62.6 cm³/mol. The molecule has 0 spiro atoms. The van der Waals surface area contributed by atoms with Crippen LogP contribution in [0, 0.1) is 0 Å². The van der Waals surface area contributed by atoms with Gasteiger partial charge in [-0.05, 0) is 32.4 Å². The molecule has 0 aliphatic rings. The summed E-state index contributed by atoms with van der Waals surface area (Å²) in [6.07, 6.45) is 0. The fraction of sp³-hybridized carbons (Fsp3) is 0.700. The second kappa shape index (κ2) is 5.97.